The summed E-state index contributed by atoms with van der Waals surface area (Å²) < 4.78 is 0. The molecule has 2 aromatic carbocycles. The number of carbonyl (C=O) groups is 2. The van der Waals surface area contributed by atoms with Crippen LogP contribution >= 0.6 is 0 Å². The van der Waals surface area contributed by atoms with E-state index in [9.17, 15) is 9.59 Å². The molecule has 24 heavy (non-hydrogen) atoms. The normalized spacial score (nSPS) is 11.0. The van der Waals surface area contributed by atoms with Crippen molar-refractivity contribution in [2.75, 3.05) is 16.0 Å². The van der Waals surface area contributed by atoms with Crippen LogP contribution in [0.2, 0.25) is 0 Å². The number of rotatable bonds is 5. The van der Waals surface area contributed by atoms with Gasteiger partial charge < -0.3 is 16.0 Å². The quantitative estimate of drug-likeness (QED) is 0.789. The van der Waals surface area contributed by atoms with Gasteiger partial charge in [-0.15, -0.1) is 0 Å². The summed E-state index contributed by atoms with van der Waals surface area (Å²) in [5.41, 5.74) is 2.34. The maximum Gasteiger partial charge on any atom is 0.246 e. The maximum atomic E-state index is 12.3. The number of amides is 2. The van der Waals surface area contributed by atoms with Crippen molar-refractivity contribution in [3.05, 3.63) is 54.1 Å². The summed E-state index contributed by atoms with van der Waals surface area (Å²) in [5.74, 6) is -0.386. The monoisotopic (exact) mass is 322 g/mol. The van der Waals surface area contributed by atoms with Gasteiger partial charge in [-0.3, -0.25) is 9.59 Å². The van der Waals surface area contributed by atoms with Crippen LogP contribution in [0.1, 0.15) is 19.4 Å². The Morgan fingerprint density at radius 2 is 1.62 bits per heavy atom. The highest BCUT2D eigenvalue weighted by Crippen LogP contribution is 2.16. The van der Waals surface area contributed by atoms with Crippen LogP contribution in [0, 0.1) is 11.3 Å². The lowest BCUT2D eigenvalue weighted by Crippen LogP contribution is -2.32. The summed E-state index contributed by atoms with van der Waals surface area (Å²) in [7, 11) is 0. The first-order chi connectivity index (χ1) is 11.5. The molecule has 2 rings (SSSR count). The molecule has 0 radical (unpaired) electrons. The van der Waals surface area contributed by atoms with E-state index in [0.717, 1.165) is 5.69 Å². The van der Waals surface area contributed by atoms with Gasteiger partial charge in [-0.2, -0.15) is 5.26 Å². The van der Waals surface area contributed by atoms with Crippen molar-refractivity contribution in [1.82, 2.24) is 0 Å². The van der Waals surface area contributed by atoms with E-state index in [4.69, 9.17) is 5.26 Å². The molecule has 0 aromatic heterocycles. The first-order valence-electron chi connectivity index (χ1n) is 7.44. The van der Waals surface area contributed by atoms with Crippen molar-refractivity contribution >= 4 is 28.9 Å². The van der Waals surface area contributed by atoms with Crippen LogP contribution in [0.15, 0.2) is 48.5 Å². The lowest BCUT2D eigenvalue weighted by molar-refractivity contribution is -0.116. The van der Waals surface area contributed by atoms with Gasteiger partial charge in [-0.25, -0.2) is 0 Å². The number of carbonyl (C=O) groups excluding carboxylic acids is 2. The lowest BCUT2D eigenvalue weighted by Gasteiger charge is -2.16. The van der Waals surface area contributed by atoms with E-state index in [2.05, 4.69) is 16.0 Å². The van der Waals surface area contributed by atoms with Gasteiger partial charge >= 0.3 is 0 Å². The summed E-state index contributed by atoms with van der Waals surface area (Å²) in [6.07, 6.45) is 0. The average Bonchev–Trinajstić information content (AvgIpc) is 2.56. The van der Waals surface area contributed by atoms with Crippen molar-refractivity contribution in [1.29, 1.82) is 5.26 Å². The predicted molar refractivity (Wildman–Crippen MR) is 93.6 cm³/mol. The Morgan fingerprint density at radius 1 is 1.00 bits per heavy atom. The molecule has 3 N–H and O–H groups in total. The molecule has 6 nitrogen and oxygen atoms in total. The van der Waals surface area contributed by atoms with Crippen LogP contribution in [0.25, 0.3) is 0 Å². The second-order valence-electron chi connectivity index (χ2n) is 5.27. The third-order valence-electron chi connectivity index (χ3n) is 3.29. The Kier molecular flexibility index (Phi) is 5.53. The average molecular weight is 322 g/mol. The first kappa shape index (κ1) is 17.0. The zero-order valence-electron chi connectivity index (χ0n) is 13.5. The van der Waals surface area contributed by atoms with Crippen LogP contribution in [-0.2, 0) is 9.59 Å². The number of benzene rings is 2. The number of anilines is 3. The largest absolute Gasteiger partial charge is 0.374 e. The third kappa shape index (κ3) is 4.58. The lowest BCUT2D eigenvalue weighted by atomic mass is 10.2. The van der Waals surface area contributed by atoms with Crippen LogP contribution in [0.4, 0.5) is 17.1 Å². The van der Waals surface area contributed by atoms with Gasteiger partial charge in [-0.05, 0) is 43.3 Å². The Balaban J connectivity index is 1.99. The van der Waals surface area contributed by atoms with Crippen LogP contribution in [0.3, 0.4) is 0 Å². The molecular weight excluding hydrogens is 304 g/mol. The van der Waals surface area contributed by atoms with Crippen molar-refractivity contribution < 1.29 is 9.59 Å². The van der Waals surface area contributed by atoms with Crippen LogP contribution < -0.4 is 16.0 Å². The number of hydrogen-bond acceptors (Lipinski definition) is 4. The van der Waals surface area contributed by atoms with Gasteiger partial charge in [0.2, 0.25) is 11.8 Å². The smallest absolute Gasteiger partial charge is 0.246 e. The molecule has 0 saturated heterocycles. The molecule has 0 aliphatic carbocycles. The van der Waals surface area contributed by atoms with E-state index in [-0.39, 0.29) is 11.8 Å². The molecule has 6 heteroatoms. The van der Waals surface area contributed by atoms with Gasteiger partial charge in [0.1, 0.15) is 12.1 Å². The Morgan fingerprint density at radius 3 is 2.25 bits per heavy atom. The van der Waals surface area contributed by atoms with E-state index in [1.807, 2.05) is 6.07 Å². The molecule has 0 unspecified atom stereocenters. The van der Waals surface area contributed by atoms with E-state index >= 15 is 0 Å². The molecule has 0 bridgehead atoms. The van der Waals surface area contributed by atoms with E-state index in [0.29, 0.717) is 16.9 Å². The Bertz CT molecular complexity index is 778. The molecule has 2 amide bonds. The summed E-state index contributed by atoms with van der Waals surface area (Å²) in [6.45, 7) is 3.17. The van der Waals surface area contributed by atoms with Crippen molar-refractivity contribution in [2.45, 2.75) is 19.9 Å². The summed E-state index contributed by atoms with van der Waals surface area (Å²) in [5, 5.41) is 17.5. The minimum absolute atomic E-state index is 0.139. The summed E-state index contributed by atoms with van der Waals surface area (Å²) in [4.78, 5) is 23.2. The van der Waals surface area contributed by atoms with Crippen LogP contribution in [-0.4, -0.2) is 17.9 Å². The third-order valence-corrected chi connectivity index (χ3v) is 3.29. The van der Waals surface area contributed by atoms with Crippen LogP contribution in [0.5, 0.6) is 0 Å². The fourth-order valence-corrected chi connectivity index (χ4v) is 2.10. The highest BCUT2D eigenvalue weighted by atomic mass is 16.2. The highest BCUT2D eigenvalue weighted by Gasteiger charge is 2.14. The Labute approximate surface area is 140 Å². The number of nitrogens with zero attached hydrogens (tertiary/aromatic N) is 1. The van der Waals surface area contributed by atoms with Gasteiger partial charge in [0.25, 0.3) is 0 Å². The minimum Gasteiger partial charge on any atom is -0.374 e. The van der Waals surface area contributed by atoms with Crippen molar-refractivity contribution in [2.24, 2.45) is 0 Å². The molecule has 2 aromatic rings. The van der Waals surface area contributed by atoms with Gasteiger partial charge in [0.05, 0.1) is 11.3 Å². The molecule has 0 fully saturated rings. The number of para-hydroxylation sites is 1. The number of nitriles is 1. The predicted octanol–water partition coefficient (Wildman–Crippen LogP) is 2.96. The molecule has 0 saturated carbocycles. The second-order valence-corrected chi connectivity index (χ2v) is 5.27. The van der Waals surface area contributed by atoms with E-state index in [1.54, 1.807) is 55.5 Å². The zero-order chi connectivity index (χ0) is 17.5. The summed E-state index contributed by atoms with van der Waals surface area (Å²) in [6, 6.07) is 15.4. The molecule has 0 heterocycles. The van der Waals surface area contributed by atoms with Gasteiger partial charge in [-0.1, -0.05) is 12.1 Å². The zero-order valence-corrected chi connectivity index (χ0v) is 13.5. The first-order valence-corrected chi connectivity index (χ1v) is 7.44. The van der Waals surface area contributed by atoms with Gasteiger partial charge in [0, 0.05) is 18.3 Å². The topological polar surface area (TPSA) is 94.0 Å². The highest BCUT2D eigenvalue weighted by molar-refractivity contribution is 5.97. The molecule has 122 valence electrons. The molecule has 0 aliphatic rings. The maximum absolute atomic E-state index is 12.3. The Hall–Kier alpha value is -3.33. The fraction of sp³-hybridized carbons (Fsp3) is 0.167. The van der Waals surface area contributed by atoms with Crippen molar-refractivity contribution in [3.63, 3.8) is 0 Å². The summed E-state index contributed by atoms with van der Waals surface area (Å²) >= 11 is 0. The standard InChI is InChI=1S/C18H18N4O2/c1-12(18(24)22-17-6-4-3-5-14(17)11-19)20-15-7-9-16(10-8-15)21-13(2)23/h3-10,12,20H,1-2H3,(H,21,23)(H,22,24)/t12-/m1/s1. The molecule has 1 atom stereocenters. The SMILES string of the molecule is CC(=O)Nc1ccc(N[C@H](C)C(=O)Nc2ccccc2C#N)cc1. The number of hydrogen-bond donors (Lipinski definition) is 3. The second kappa shape index (κ2) is 7.79. The van der Waals surface area contributed by atoms with Gasteiger partial charge in [0.15, 0.2) is 0 Å². The van der Waals surface area contributed by atoms with E-state index < -0.39 is 6.04 Å². The van der Waals surface area contributed by atoms with Crippen molar-refractivity contribution in [3.8, 4) is 6.07 Å². The molecular formula is C18H18N4O2. The number of nitrogens with one attached hydrogen (secondary N) is 3. The molecule has 0 aliphatic heterocycles. The fourth-order valence-electron chi connectivity index (χ4n) is 2.10. The van der Waals surface area contributed by atoms with E-state index in [1.165, 1.54) is 6.92 Å². The minimum atomic E-state index is -0.497. The molecule has 0 spiro atoms.